The van der Waals surface area contributed by atoms with Gasteiger partial charge in [-0.25, -0.2) is 0 Å². The van der Waals surface area contributed by atoms with Crippen molar-refractivity contribution in [1.82, 2.24) is 5.32 Å². The van der Waals surface area contributed by atoms with Gasteiger partial charge in [-0.1, -0.05) is 19.9 Å². The fraction of sp³-hybridized carbons (Fsp3) is 0.625. The predicted molar refractivity (Wildman–Crippen MR) is 79.5 cm³/mol. The van der Waals surface area contributed by atoms with E-state index in [0.29, 0.717) is 31.8 Å². The summed E-state index contributed by atoms with van der Waals surface area (Å²) in [6, 6.07) is 6.73. The lowest BCUT2D eigenvalue weighted by molar-refractivity contribution is 0.141. The van der Waals surface area contributed by atoms with Crippen molar-refractivity contribution < 1.29 is 14.2 Å². The van der Waals surface area contributed by atoms with Crippen LogP contribution in [0, 0.1) is 5.92 Å². The van der Waals surface area contributed by atoms with Crippen LogP contribution in [0.5, 0.6) is 11.5 Å². The Balaban J connectivity index is 2.06. The summed E-state index contributed by atoms with van der Waals surface area (Å²) >= 11 is 0. The van der Waals surface area contributed by atoms with Gasteiger partial charge in [-0.15, -0.1) is 0 Å². The van der Waals surface area contributed by atoms with E-state index in [1.54, 1.807) is 7.11 Å². The summed E-state index contributed by atoms with van der Waals surface area (Å²) in [5, 5.41) is 3.62. The molecule has 0 amide bonds. The molecule has 0 saturated carbocycles. The van der Waals surface area contributed by atoms with Crippen LogP contribution in [0.3, 0.4) is 0 Å². The normalized spacial score (nSPS) is 17.1. The second-order valence-corrected chi connectivity index (χ2v) is 5.60. The first kappa shape index (κ1) is 15.1. The van der Waals surface area contributed by atoms with E-state index in [1.165, 1.54) is 5.56 Å². The summed E-state index contributed by atoms with van der Waals surface area (Å²) in [7, 11) is 1.74. The molecule has 0 aromatic heterocycles. The first-order chi connectivity index (χ1) is 9.61. The van der Waals surface area contributed by atoms with Gasteiger partial charge in [0.1, 0.15) is 13.2 Å². The molecule has 2 rings (SSSR count). The third kappa shape index (κ3) is 3.64. The van der Waals surface area contributed by atoms with Gasteiger partial charge in [0.25, 0.3) is 0 Å². The highest BCUT2D eigenvalue weighted by Crippen LogP contribution is 2.32. The van der Waals surface area contributed by atoms with E-state index in [9.17, 15) is 0 Å². The molecule has 2 atom stereocenters. The first-order valence-electron chi connectivity index (χ1n) is 7.26. The molecule has 0 saturated heterocycles. The SMILES string of the molecule is COCC(NC(C)c1ccc2c(c1)OCCO2)C(C)C. The number of hydrogen-bond donors (Lipinski definition) is 1. The van der Waals surface area contributed by atoms with Crippen molar-refractivity contribution in [3.8, 4) is 11.5 Å². The molecule has 0 fully saturated rings. The zero-order valence-corrected chi connectivity index (χ0v) is 12.8. The number of rotatable bonds is 6. The Bertz CT molecular complexity index is 434. The van der Waals surface area contributed by atoms with Crippen LogP contribution in [0.25, 0.3) is 0 Å². The molecule has 1 aromatic rings. The fourth-order valence-corrected chi connectivity index (χ4v) is 2.36. The number of hydrogen-bond acceptors (Lipinski definition) is 4. The lowest BCUT2D eigenvalue weighted by Crippen LogP contribution is -2.39. The smallest absolute Gasteiger partial charge is 0.161 e. The molecule has 20 heavy (non-hydrogen) atoms. The molecule has 4 nitrogen and oxygen atoms in total. The number of fused-ring (bicyclic) bond motifs is 1. The quantitative estimate of drug-likeness (QED) is 0.869. The Labute approximate surface area is 121 Å². The minimum absolute atomic E-state index is 0.244. The number of nitrogens with one attached hydrogen (secondary N) is 1. The Morgan fingerprint density at radius 2 is 1.85 bits per heavy atom. The molecule has 0 radical (unpaired) electrons. The number of methoxy groups -OCH3 is 1. The monoisotopic (exact) mass is 279 g/mol. The highest BCUT2D eigenvalue weighted by Gasteiger charge is 2.19. The van der Waals surface area contributed by atoms with Gasteiger partial charge >= 0.3 is 0 Å². The van der Waals surface area contributed by atoms with E-state index in [1.807, 2.05) is 6.07 Å². The van der Waals surface area contributed by atoms with Gasteiger partial charge in [-0.05, 0) is 30.5 Å². The van der Waals surface area contributed by atoms with Crippen LogP contribution in [-0.4, -0.2) is 33.0 Å². The predicted octanol–water partition coefficient (Wildman–Crippen LogP) is 2.78. The second kappa shape index (κ2) is 6.95. The molecule has 1 heterocycles. The Hall–Kier alpha value is -1.26. The summed E-state index contributed by atoms with van der Waals surface area (Å²) in [5.41, 5.74) is 1.20. The van der Waals surface area contributed by atoms with Crippen molar-refractivity contribution in [1.29, 1.82) is 0 Å². The van der Waals surface area contributed by atoms with Crippen LogP contribution in [-0.2, 0) is 4.74 Å². The maximum absolute atomic E-state index is 5.64. The lowest BCUT2D eigenvalue weighted by Gasteiger charge is -2.27. The van der Waals surface area contributed by atoms with Crippen molar-refractivity contribution in [2.45, 2.75) is 32.9 Å². The van der Waals surface area contributed by atoms with Crippen LogP contribution >= 0.6 is 0 Å². The van der Waals surface area contributed by atoms with Crippen molar-refractivity contribution >= 4 is 0 Å². The van der Waals surface area contributed by atoms with Crippen molar-refractivity contribution in [2.75, 3.05) is 26.9 Å². The second-order valence-electron chi connectivity index (χ2n) is 5.60. The first-order valence-corrected chi connectivity index (χ1v) is 7.26. The van der Waals surface area contributed by atoms with Crippen molar-refractivity contribution in [3.63, 3.8) is 0 Å². The molecular weight excluding hydrogens is 254 g/mol. The van der Waals surface area contributed by atoms with Gasteiger partial charge < -0.3 is 19.5 Å². The van der Waals surface area contributed by atoms with Gasteiger partial charge in [0.15, 0.2) is 11.5 Å². The maximum Gasteiger partial charge on any atom is 0.161 e. The molecule has 1 aliphatic rings. The van der Waals surface area contributed by atoms with Gasteiger partial charge in [0.05, 0.1) is 6.61 Å². The molecule has 0 aliphatic carbocycles. The fourth-order valence-electron chi connectivity index (χ4n) is 2.36. The van der Waals surface area contributed by atoms with E-state index in [-0.39, 0.29) is 6.04 Å². The largest absolute Gasteiger partial charge is 0.486 e. The molecule has 1 aromatic carbocycles. The molecule has 4 heteroatoms. The molecule has 1 N–H and O–H groups in total. The minimum atomic E-state index is 0.244. The van der Waals surface area contributed by atoms with Gasteiger partial charge in [0, 0.05) is 19.2 Å². The van der Waals surface area contributed by atoms with Gasteiger partial charge in [-0.3, -0.25) is 0 Å². The topological polar surface area (TPSA) is 39.7 Å². The maximum atomic E-state index is 5.64. The molecule has 112 valence electrons. The lowest BCUT2D eigenvalue weighted by atomic mass is 10.0. The third-order valence-corrected chi connectivity index (χ3v) is 3.68. The Morgan fingerprint density at radius 3 is 2.50 bits per heavy atom. The average Bonchev–Trinajstić information content (AvgIpc) is 2.46. The summed E-state index contributed by atoms with van der Waals surface area (Å²) in [5.74, 6) is 2.20. The molecule has 0 spiro atoms. The van der Waals surface area contributed by atoms with Crippen molar-refractivity contribution in [2.24, 2.45) is 5.92 Å². The van der Waals surface area contributed by atoms with Gasteiger partial charge in [-0.2, -0.15) is 0 Å². The average molecular weight is 279 g/mol. The summed E-state index contributed by atoms with van der Waals surface area (Å²) in [4.78, 5) is 0. The molecular formula is C16H25NO3. The zero-order valence-electron chi connectivity index (χ0n) is 12.8. The van der Waals surface area contributed by atoms with E-state index < -0.39 is 0 Å². The third-order valence-electron chi connectivity index (χ3n) is 3.68. The van der Waals surface area contributed by atoms with E-state index in [0.717, 1.165) is 11.5 Å². The van der Waals surface area contributed by atoms with E-state index in [4.69, 9.17) is 14.2 Å². The van der Waals surface area contributed by atoms with Crippen LogP contribution in [0.15, 0.2) is 18.2 Å². The summed E-state index contributed by atoms with van der Waals surface area (Å²) < 4.78 is 16.5. The molecule has 0 bridgehead atoms. The molecule has 1 aliphatic heterocycles. The van der Waals surface area contributed by atoms with Gasteiger partial charge in [0.2, 0.25) is 0 Å². The Morgan fingerprint density at radius 1 is 1.15 bits per heavy atom. The van der Waals surface area contributed by atoms with Crippen LogP contribution in [0.1, 0.15) is 32.4 Å². The zero-order chi connectivity index (χ0) is 14.5. The Kier molecular flexibility index (Phi) is 5.26. The van der Waals surface area contributed by atoms with E-state index in [2.05, 4.69) is 38.2 Å². The van der Waals surface area contributed by atoms with Crippen LogP contribution in [0.2, 0.25) is 0 Å². The standard InChI is InChI=1S/C16H25NO3/c1-11(2)14(10-18-4)17-12(3)13-5-6-15-16(9-13)20-8-7-19-15/h5-6,9,11-12,14,17H,7-8,10H2,1-4H3. The molecule has 2 unspecified atom stereocenters. The highest BCUT2D eigenvalue weighted by molar-refractivity contribution is 5.44. The summed E-state index contributed by atoms with van der Waals surface area (Å²) in [6.45, 7) is 8.53. The van der Waals surface area contributed by atoms with Crippen molar-refractivity contribution in [3.05, 3.63) is 23.8 Å². The number of benzene rings is 1. The summed E-state index contributed by atoms with van der Waals surface area (Å²) in [6.07, 6.45) is 0. The van der Waals surface area contributed by atoms with E-state index >= 15 is 0 Å². The minimum Gasteiger partial charge on any atom is -0.486 e. The highest BCUT2D eigenvalue weighted by atomic mass is 16.6. The number of ether oxygens (including phenoxy) is 3. The van der Waals surface area contributed by atoms with Crippen LogP contribution < -0.4 is 14.8 Å². The van der Waals surface area contributed by atoms with Crippen LogP contribution in [0.4, 0.5) is 0 Å².